The number of benzene rings is 5. The number of aromatic nitrogens is 2. The number of aromatic hydroxyl groups is 2. The number of nitrogens with zero attached hydrogens (tertiary/aromatic N) is 2. The molecule has 4 N–H and O–H groups in total. The first-order chi connectivity index (χ1) is 23.4. The highest BCUT2D eigenvalue weighted by atomic mass is 32.1. The molecule has 0 atom stereocenters. The lowest BCUT2D eigenvalue weighted by Gasteiger charge is -2.07. The maximum Gasteiger partial charge on any atom is 0.124 e. The lowest BCUT2D eigenvalue weighted by atomic mass is 10.1. The van der Waals surface area contributed by atoms with Gasteiger partial charge in [-0.2, -0.15) is 0 Å². The van der Waals surface area contributed by atoms with E-state index in [1.165, 1.54) is 11.1 Å². The third-order valence-corrected chi connectivity index (χ3v) is 9.14. The molecule has 0 aliphatic heterocycles. The molecule has 0 bridgehead atoms. The van der Waals surface area contributed by atoms with E-state index in [4.69, 9.17) is 0 Å². The maximum atomic E-state index is 9.59. The molecular formula is C40H44N4O2S2. The summed E-state index contributed by atoms with van der Waals surface area (Å²) in [5.74, 6) is 0.559. The fourth-order valence-corrected chi connectivity index (χ4v) is 6.66. The molecule has 8 heteroatoms. The molecule has 0 saturated carbocycles. The Labute approximate surface area is 291 Å². The van der Waals surface area contributed by atoms with Crippen molar-refractivity contribution in [1.29, 1.82) is 0 Å². The van der Waals surface area contributed by atoms with Crippen LogP contribution in [-0.2, 0) is 6.54 Å². The van der Waals surface area contributed by atoms with Gasteiger partial charge in [0.1, 0.15) is 21.5 Å². The average molecular weight is 677 g/mol. The number of anilines is 2. The summed E-state index contributed by atoms with van der Waals surface area (Å²) in [5.41, 5.74) is 8.77. The normalized spacial score (nSPS) is 10.2. The van der Waals surface area contributed by atoms with Crippen LogP contribution in [0.1, 0.15) is 45.7 Å². The molecule has 2 aromatic heterocycles. The minimum absolute atomic E-state index is 0.276. The van der Waals surface area contributed by atoms with Crippen LogP contribution in [-0.4, -0.2) is 26.7 Å². The Morgan fingerprint density at radius 2 is 1.00 bits per heavy atom. The van der Waals surface area contributed by atoms with Crippen LogP contribution in [0.5, 0.6) is 11.5 Å². The molecule has 0 aliphatic rings. The summed E-state index contributed by atoms with van der Waals surface area (Å²) in [7, 11) is 0. The zero-order chi connectivity index (χ0) is 34.5. The number of fused-ring (bicyclic) bond motifs is 2. The molecule has 0 amide bonds. The quantitative estimate of drug-likeness (QED) is 0.134. The van der Waals surface area contributed by atoms with Crippen molar-refractivity contribution in [2.75, 3.05) is 17.2 Å². The topological polar surface area (TPSA) is 90.3 Å². The van der Waals surface area contributed by atoms with E-state index in [1.807, 2.05) is 39.8 Å². The molecule has 48 heavy (non-hydrogen) atoms. The van der Waals surface area contributed by atoms with Gasteiger partial charge in [-0.1, -0.05) is 57.5 Å². The molecule has 0 saturated heterocycles. The van der Waals surface area contributed by atoms with Crippen LogP contribution < -0.4 is 10.6 Å². The zero-order valence-corrected chi connectivity index (χ0v) is 30.0. The highest BCUT2D eigenvalue weighted by Crippen LogP contribution is 2.34. The predicted octanol–water partition coefficient (Wildman–Crippen LogP) is 11.7. The van der Waals surface area contributed by atoms with Crippen LogP contribution >= 0.6 is 22.7 Å². The van der Waals surface area contributed by atoms with Gasteiger partial charge >= 0.3 is 0 Å². The van der Waals surface area contributed by atoms with Crippen molar-refractivity contribution >= 4 is 54.5 Å². The Morgan fingerprint density at radius 3 is 1.44 bits per heavy atom. The summed E-state index contributed by atoms with van der Waals surface area (Å²) < 4.78 is 2.00. The lowest BCUT2D eigenvalue weighted by molar-refractivity contribution is 0.475. The molecule has 0 aliphatic carbocycles. The first kappa shape index (κ1) is 35.9. The fourth-order valence-electron chi connectivity index (χ4n) is 4.65. The van der Waals surface area contributed by atoms with Crippen molar-refractivity contribution in [3.05, 3.63) is 120 Å². The van der Waals surface area contributed by atoms with Gasteiger partial charge in [-0.25, -0.2) is 9.97 Å². The Kier molecular flexibility index (Phi) is 13.4. The molecule has 0 fully saturated rings. The summed E-state index contributed by atoms with van der Waals surface area (Å²) in [6.07, 6.45) is 0. The monoisotopic (exact) mass is 676 g/mol. The van der Waals surface area contributed by atoms with Crippen LogP contribution in [0.25, 0.3) is 41.6 Å². The SMILES string of the molecule is CC.CC.CCNc1ccc(-c2nc3ccc(O)cc3s2)cc1.Cc1ccc(CNc2ccc(-c3nc4ccc(O)cc4s3)cc2)cc1. The van der Waals surface area contributed by atoms with Crippen LogP contribution in [0.15, 0.2) is 109 Å². The minimum atomic E-state index is 0.276. The van der Waals surface area contributed by atoms with E-state index in [0.29, 0.717) is 0 Å². The number of phenols is 2. The smallest absolute Gasteiger partial charge is 0.124 e. The highest BCUT2D eigenvalue weighted by Gasteiger charge is 2.08. The summed E-state index contributed by atoms with van der Waals surface area (Å²) in [4.78, 5) is 9.23. The maximum absolute atomic E-state index is 9.59. The van der Waals surface area contributed by atoms with E-state index in [-0.39, 0.29) is 11.5 Å². The van der Waals surface area contributed by atoms with Crippen molar-refractivity contribution in [2.24, 2.45) is 0 Å². The number of rotatable bonds is 7. The Morgan fingerprint density at radius 1 is 0.562 bits per heavy atom. The predicted molar refractivity (Wildman–Crippen MR) is 209 cm³/mol. The third-order valence-electron chi connectivity index (χ3n) is 7.01. The number of hydrogen-bond acceptors (Lipinski definition) is 8. The van der Waals surface area contributed by atoms with E-state index >= 15 is 0 Å². The van der Waals surface area contributed by atoms with Crippen molar-refractivity contribution in [2.45, 2.75) is 48.1 Å². The van der Waals surface area contributed by atoms with Crippen molar-refractivity contribution in [1.82, 2.24) is 9.97 Å². The number of nitrogens with one attached hydrogen (secondary N) is 2. The van der Waals surface area contributed by atoms with Crippen LogP contribution in [0.4, 0.5) is 11.4 Å². The van der Waals surface area contributed by atoms with Crippen molar-refractivity contribution in [3.63, 3.8) is 0 Å². The molecule has 7 aromatic rings. The van der Waals surface area contributed by atoms with Crippen LogP contribution in [0, 0.1) is 6.92 Å². The molecular weight excluding hydrogens is 633 g/mol. The first-order valence-corrected chi connectivity index (χ1v) is 18.0. The molecule has 0 spiro atoms. The zero-order valence-electron chi connectivity index (χ0n) is 28.4. The van der Waals surface area contributed by atoms with Gasteiger partial charge in [-0.15, -0.1) is 22.7 Å². The first-order valence-electron chi connectivity index (χ1n) is 16.4. The lowest BCUT2D eigenvalue weighted by Crippen LogP contribution is -1.98. The molecule has 5 aromatic carbocycles. The van der Waals surface area contributed by atoms with Crippen LogP contribution in [0.2, 0.25) is 0 Å². The largest absolute Gasteiger partial charge is 0.508 e. The average Bonchev–Trinajstić information content (AvgIpc) is 3.75. The summed E-state index contributed by atoms with van der Waals surface area (Å²) in [6, 6.07) is 35.7. The molecule has 0 radical (unpaired) electrons. The molecule has 6 nitrogen and oxygen atoms in total. The summed E-state index contributed by atoms with van der Waals surface area (Å²) in [5, 5.41) is 27.7. The van der Waals surface area contributed by atoms with Gasteiger partial charge in [-0.05, 0) is 104 Å². The van der Waals surface area contributed by atoms with E-state index in [9.17, 15) is 10.2 Å². The standard InChI is InChI=1S/C21H18N2OS.C15H14N2OS.2C2H6/c1-14-2-4-15(5-3-14)13-22-17-8-6-16(7-9-17)21-23-19-11-10-18(24)12-20(19)25-21;1-2-16-11-5-3-10(4-6-11)15-17-13-8-7-12(18)9-14(13)19-15;2*1-2/h2-12,22,24H,13H2,1H3;3-9,16,18H,2H2,1H3;2*1-2H3. The number of phenolic OH excluding ortho intramolecular Hbond substituents is 2. The van der Waals surface area contributed by atoms with E-state index in [2.05, 4.69) is 107 Å². The van der Waals surface area contributed by atoms with E-state index in [0.717, 1.165) is 66.0 Å². The minimum Gasteiger partial charge on any atom is -0.508 e. The van der Waals surface area contributed by atoms with Gasteiger partial charge in [0.25, 0.3) is 0 Å². The number of aryl methyl sites for hydroxylation is 1. The molecule has 248 valence electrons. The third kappa shape index (κ3) is 9.56. The van der Waals surface area contributed by atoms with Crippen molar-refractivity contribution < 1.29 is 10.2 Å². The second-order valence-electron chi connectivity index (χ2n) is 10.4. The fraction of sp³-hybridized carbons (Fsp3) is 0.200. The van der Waals surface area contributed by atoms with Crippen LogP contribution in [0.3, 0.4) is 0 Å². The second kappa shape index (κ2) is 17.8. The van der Waals surface area contributed by atoms with Gasteiger partial charge in [0.2, 0.25) is 0 Å². The van der Waals surface area contributed by atoms with Gasteiger partial charge in [0.05, 0.1) is 20.4 Å². The van der Waals surface area contributed by atoms with Gasteiger partial charge in [0.15, 0.2) is 0 Å². The summed E-state index contributed by atoms with van der Waals surface area (Å²) in [6.45, 7) is 13.9. The van der Waals surface area contributed by atoms with Gasteiger partial charge in [-0.3, -0.25) is 0 Å². The van der Waals surface area contributed by atoms with E-state index in [1.54, 1.807) is 46.9 Å². The number of hydrogen-bond donors (Lipinski definition) is 4. The highest BCUT2D eigenvalue weighted by molar-refractivity contribution is 7.22. The Bertz CT molecular complexity index is 2000. The van der Waals surface area contributed by atoms with Gasteiger partial charge in [0, 0.05) is 35.6 Å². The Hall–Kier alpha value is -4.92. The van der Waals surface area contributed by atoms with Crippen molar-refractivity contribution in [3.8, 4) is 32.6 Å². The molecule has 0 unspecified atom stereocenters. The van der Waals surface area contributed by atoms with Gasteiger partial charge < -0.3 is 20.8 Å². The van der Waals surface area contributed by atoms with E-state index < -0.39 is 0 Å². The number of thiazole rings is 2. The molecule has 7 rings (SSSR count). The Balaban J connectivity index is 0.000000202. The summed E-state index contributed by atoms with van der Waals surface area (Å²) >= 11 is 3.18. The second-order valence-corrected chi connectivity index (χ2v) is 12.4. The molecule has 2 heterocycles.